The molecule has 5 aromatic rings. The van der Waals surface area contributed by atoms with Crippen LogP contribution in [-0.2, 0) is 6.18 Å². The van der Waals surface area contributed by atoms with Gasteiger partial charge >= 0.3 is 6.18 Å². The van der Waals surface area contributed by atoms with E-state index in [-0.39, 0.29) is 10.8 Å². The highest BCUT2D eigenvalue weighted by atomic mass is 32.1. The van der Waals surface area contributed by atoms with Crippen LogP contribution in [0.15, 0.2) is 88.6 Å². The third-order valence-corrected chi connectivity index (χ3v) is 5.87. The molecule has 0 aliphatic heterocycles. The molecule has 10 heteroatoms. The molecule has 0 atom stereocenters. The maximum Gasteiger partial charge on any atom is 0.433 e. The molecule has 0 fully saturated rings. The van der Waals surface area contributed by atoms with Crippen LogP contribution in [0.4, 0.5) is 18.9 Å². The van der Waals surface area contributed by atoms with Gasteiger partial charge in [-0.05, 0) is 36.4 Å². The van der Waals surface area contributed by atoms with Crippen molar-refractivity contribution in [2.45, 2.75) is 6.18 Å². The fourth-order valence-corrected chi connectivity index (χ4v) is 4.20. The van der Waals surface area contributed by atoms with E-state index in [1.54, 1.807) is 72.8 Å². The average molecular weight is 480 g/mol. The first-order valence-corrected chi connectivity index (χ1v) is 10.9. The second-order valence-electron chi connectivity index (χ2n) is 7.14. The lowest BCUT2D eigenvalue weighted by Gasteiger charge is -2.08. The normalized spacial score (nSPS) is 12.0. The topological polar surface area (TPSA) is 72.3 Å². The van der Waals surface area contributed by atoms with E-state index in [2.05, 4.69) is 15.1 Å². The van der Waals surface area contributed by atoms with Gasteiger partial charge in [-0.3, -0.25) is 14.9 Å². The van der Waals surface area contributed by atoms with Crippen molar-refractivity contribution in [1.82, 2.24) is 14.8 Å². The molecule has 0 radical (unpaired) electrons. The van der Waals surface area contributed by atoms with Crippen LogP contribution in [0, 0.1) is 0 Å². The smallest absolute Gasteiger partial charge is 0.433 e. The molecule has 2 aromatic heterocycles. The summed E-state index contributed by atoms with van der Waals surface area (Å²) in [5.74, 6) is 0.876. The number of fused-ring (bicyclic) bond motifs is 1. The Labute approximate surface area is 194 Å². The standard InChI is InChI=1S/C24H15F3N4O2S/c25-24(26,27)21-16(22(32)31(30-21)23-29-18-11-5-7-13-20(18)34-23)14-28-17-10-4-6-12-19(17)33-15-8-2-1-3-9-15/h1-14,30H. The molecular formula is C24H15F3N4O2S. The Hall–Kier alpha value is -4.18. The van der Waals surface area contributed by atoms with E-state index in [0.29, 0.717) is 17.0 Å². The van der Waals surface area contributed by atoms with Gasteiger partial charge in [0, 0.05) is 6.21 Å². The number of benzene rings is 3. The lowest BCUT2D eigenvalue weighted by Crippen LogP contribution is -2.17. The van der Waals surface area contributed by atoms with Crippen LogP contribution in [0.25, 0.3) is 15.3 Å². The summed E-state index contributed by atoms with van der Waals surface area (Å²) in [5.41, 5.74) is -1.88. The fourth-order valence-electron chi connectivity index (χ4n) is 3.28. The third kappa shape index (κ3) is 4.23. The lowest BCUT2D eigenvalue weighted by atomic mass is 10.2. The van der Waals surface area contributed by atoms with Crippen LogP contribution in [0.3, 0.4) is 0 Å². The van der Waals surface area contributed by atoms with Crippen LogP contribution in [0.1, 0.15) is 11.3 Å². The van der Waals surface area contributed by atoms with E-state index in [9.17, 15) is 18.0 Å². The zero-order chi connectivity index (χ0) is 23.7. The van der Waals surface area contributed by atoms with Gasteiger partial charge in [-0.15, -0.1) is 0 Å². The van der Waals surface area contributed by atoms with Gasteiger partial charge in [0.1, 0.15) is 11.4 Å². The summed E-state index contributed by atoms with van der Waals surface area (Å²) in [7, 11) is 0. The van der Waals surface area contributed by atoms with Crippen molar-refractivity contribution >= 4 is 33.5 Å². The summed E-state index contributed by atoms with van der Waals surface area (Å²) in [6, 6.07) is 22.6. The van der Waals surface area contributed by atoms with Crippen LogP contribution in [0.2, 0.25) is 0 Å². The van der Waals surface area contributed by atoms with Gasteiger partial charge in [0.15, 0.2) is 11.4 Å². The highest BCUT2D eigenvalue weighted by molar-refractivity contribution is 7.20. The minimum absolute atomic E-state index is 0.101. The van der Waals surface area contributed by atoms with E-state index in [1.165, 1.54) is 0 Å². The molecule has 3 aromatic carbocycles. The molecular weight excluding hydrogens is 465 g/mol. The first-order valence-electron chi connectivity index (χ1n) is 10.0. The molecule has 170 valence electrons. The molecule has 0 saturated carbocycles. The summed E-state index contributed by atoms with van der Waals surface area (Å²) < 4.78 is 48.6. The third-order valence-electron chi connectivity index (χ3n) is 4.85. The Balaban J connectivity index is 1.56. The van der Waals surface area contributed by atoms with Gasteiger partial charge in [-0.1, -0.05) is 53.8 Å². The van der Waals surface area contributed by atoms with Gasteiger partial charge in [0.2, 0.25) is 5.13 Å². The van der Waals surface area contributed by atoms with Crippen molar-refractivity contribution in [3.63, 3.8) is 0 Å². The van der Waals surface area contributed by atoms with Gasteiger partial charge in [0.05, 0.1) is 15.8 Å². The average Bonchev–Trinajstić information content (AvgIpc) is 3.40. The van der Waals surface area contributed by atoms with E-state index in [1.807, 2.05) is 6.07 Å². The summed E-state index contributed by atoms with van der Waals surface area (Å²) in [4.78, 5) is 21.4. The number of hydrogen-bond donors (Lipinski definition) is 1. The van der Waals surface area contributed by atoms with E-state index in [0.717, 1.165) is 26.9 Å². The minimum atomic E-state index is -4.80. The second-order valence-corrected chi connectivity index (χ2v) is 8.15. The zero-order valence-corrected chi connectivity index (χ0v) is 18.1. The maximum absolute atomic E-state index is 13.8. The molecule has 0 aliphatic carbocycles. The second kappa shape index (κ2) is 8.64. The summed E-state index contributed by atoms with van der Waals surface area (Å²) in [5, 5.41) is 2.26. The highest BCUT2D eigenvalue weighted by Gasteiger charge is 2.38. The largest absolute Gasteiger partial charge is 0.455 e. The van der Waals surface area contributed by atoms with Crippen molar-refractivity contribution in [2.24, 2.45) is 4.99 Å². The molecule has 0 spiro atoms. The number of ether oxygens (including phenoxy) is 1. The van der Waals surface area contributed by atoms with Gasteiger partial charge in [-0.2, -0.15) is 17.9 Å². The SMILES string of the molecule is O=c1c(C=Nc2ccccc2Oc2ccccc2)c(C(F)(F)F)[nH]n1-c1nc2ccccc2s1. The number of H-pyrrole nitrogens is 1. The van der Waals surface area contributed by atoms with Crippen molar-refractivity contribution in [3.8, 4) is 16.6 Å². The molecule has 2 heterocycles. The molecule has 0 aliphatic rings. The van der Waals surface area contributed by atoms with Crippen LogP contribution in [0.5, 0.6) is 11.5 Å². The molecule has 6 nitrogen and oxygen atoms in total. The monoisotopic (exact) mass is 480 g/mol. The first kappa shape index (κ1) is 21.7. The predicted molar refractivity (Wildman–Crippen MR) is 125 cm³/mol. The number of aromatic amines is 1. The Kier molecular flexibility index (Phi) is 5.50. The quantitative estimate of drug-likeness (QED) is 0.299. The van der Waals surface area contributed by atoms with Crippen molar-refractivity contribution < 1.29 is 17.9 Å². The lowest BCUT2D eigenvalue weighted by molar-refractivity contribution is -0.141. The zero-order valence-electron chi connectivity index (χ0n) is 17.3. The van der Waals surface area contributed by atoms with Crippen molar-refractivity contribution in [1.29, 1.82) is 0 Å². The number of thiazole rings is 1. The Morgan fingerprint density at radius 1 is 0.971 bits per heavy atom. The number of para-hydroxylation sites is 4. The fraction of sp³-hybridized carbons (Fsp3) is 0.0417. The molecule has 0 bridgehead atoms. The number of nitrogens with one attached hydrogen (secondary N) is 1. The summed E-state index contributed by atoms with van der Waals surface area (Å²) in [6.07, 6.45) is -3.90. The first-order chi connectivity index (χ1) is 16.4. The number of hydrogen-bond acceptors (Lipinski definition) is 5. The number of halogens is 3. The molecule has 1 N–H and O–H groups in total. The molecule has 0 saturated heterocycles. The molecule has 5 rings (SSSR count). The number of nitrogens with zero attached hydrogens (tertiary/aromatic N) is 3. The maximum atomic E-state index is 13.8. The van der Waals surface area contributed by atoms with E-state index >= 15 is 0 Å². The van der Waals surface area contributed by atoms with Gasteiger partial charge < -0.3 is 4.74 Å². The van der Waals surface area contributed by atoms with Crippen molar-refractivity contribution in [2.75, 3.05) is 0 Å². The Morgan fingerprint density at radius 3 is 2.44 bits per heavy atom. The minimum Gasteiger partial charge on any atom is -0.455 e. The molecule has 34 heavy (non-hydrogen) atoms. The highest BCUT2D eigenvalue weighted by Crippen LogP contribution is 2.33. The van der Waals surface area contributed by atoms with Gasteiger partial charge in [-0.25, -0.2) is 4.98 Å². The Morgan fingerprint density at radius 2 is 1.68 bits per heavy atom. The summed E-state index contributed by atoms with van der Waals surface area (Å²) in [6.45, 7) is 0. The van der Waals surface area contributed by atoms with Gasteiger partial charge in [0.25, 0.3) is 5.56 Å². The van der Waals surface area contributed by atoms with E-state index in [4.69, 9.17) is 4.74 Å². The van der Waals surface area contributed by atoms with Crippen molar-refractivity contribution in [3.05, 3.63) is 100 Å². The van der Waals surface area contributed by atoms with Crippen LogP contribution < -0.4 is 10.3 Å². The van der Waals surface area contributed by atoms with E-state index < -0.39 is 23.0 Å². The van der Waals surface area contributed by atoms with Crippen LogP contribution in [-0.4, -0.2) is 21.0 Å². The summed E-state index contributed by atoms with van der Waals surface area (Å²) >= 11 is 1.10. The predicted octanol–water partition coefficient (Wildman–Crippen LogP) is 6.34. The number of aliphatic imine (C=N–C) groups is 1. The molecule has 0 unspecified atom stereocenters. The number of rotatable bonds is 5. The Bertz CT molecular complexity index is 1520. The van der Waals surface area contributed by atoms with Crippen LogP contribution >= 0.6 is 11.3 Å². The number of aromatic nitrogens is 3. The number of alkyl halides is 3. The molecule has 0 amide bonds.